The van der Waals surface area contributed by atoms with Gasteiger partial charge in [0.15, 0.2) is 0 Å². The summed E-state index contributed by atoms with van der Waals surface area (Å²) in [5.74, 6) is 0.131. The molecule has 2 heterocycles. The minimum atomic E-state index is -0.0595. The SMILES string of the molecule is CCCCC(CCCC)=NN=Cc1c(O)n(CC)c2cc(C3=NNC(=O)CC3)ccc12. The Labute approximate surface area is 183 Å². The number of amides is 1. The molecule has 0 aliphatic carbocycles. The number of aromatic nitrogens is 1. The van der Waals surface area contributed by atoms with Crippen molar-refractivity contribution in [3.8, 4) is 5.88 Å². The molecule has 2 aromatic rings. The molecule has 0 spiro atoms. The molecule has 2 N–H and O–H groups in total. The number of hydrogen-bond donors (Lipinski definition) is 2. The average molecular weight is 424 g/mol. The third-order valence-corrected chi connectivity index (χ3v) is 5.65. The van der Waals surface area contributed by atoms with Crippen LogP contribution in [0.4, 0.5) is 0 Å². The Bertz CT molecular complexity index is 1010. The molecule has 1 amide bonds. The number of aromatic hydroxyl groups is 1. The summed E-state index contributed by atoms with van der Waals surface area (Å²) in [5.41, 5.74) is 7.06. The highest BCUT2D eigenvalue weighted by Crippen LogP contribution is 2.31. The van der Waals surface area contributed by atoms with Crippen LogP contribution in [-0.2, 0) is 11.3 Å². The van der Waals surface area contributed by atoms with Gasteiger partial charge >= 0.3 is 0 Å². The number of carbonyl (C=O) groups is 1. The van der Waals surface area contributed by atoms with Gasteiger partial charge in [0.05, 0.1) is 23.0 Å². The molecule has 0 saturated heterocycles. The van der Waals surface area contributed by atoms with Crippen molar-refractivity contribution in [1.82, 2.24) is 9.99 Å². The number of benzene rings is 1. The van der Waals surface area contributed by atoms with E-state index in [-0.39, 0.29) is 11.8 Å². The maximum absolute atomic E-state index is 11.4. The molecular formula is C24H33N5O2. The number of hydrogen-bond acceptors (Lipinski definition) is 5. The molecule has 1 aliphatic heterocycles. The minimum Gasteiger partial charge on any atom is -0.494 e. The zero-order chi connectivity index (χ0) is 22.2. The zero-order valence-corrected chi connectivity index (χ0v) is 18.8. The second-order valence-electron chi connectivity index (χ2n) is 7.92. The summed E-state index contributed by atoms with van der Waals surface area (Å²) in [5, 5.41) is 24.8. The summed E-state index contributed by atoms with van der Waals surface area (Å²) in [4.78, 5) is 11.4. The van der Waals surface area contributed by atoms with E-state index in [0.29, 0.717) is 24.9 Å². The van der Waals surface area contributed by atoms with E-state index in [9.17, 15) is 9.90 Å². The lowest BCUT2D eigenvalue weighted by Crippen LogP contribution is -2.25. The van der Waals surface area contributed by atoms with E-state index in [4.69, 9.17) is 0 Å². The summed E-state index contributed by atoms with van der Waals surface area (Å²) in [6, 6.07) is 5.98. The van der Waals surface area contributed by atoms with E-state index in [1.54, 1.807) is 6.21 Å². The smallest absolute Gasteiger partial charge is 0.240 e. The molecule has 166 valence electrons. The van der Waals surface area contributed by atoms with Crippen LogP contribution in [0.5, 0.6) is 5.88 Å². The summed E-state index contributed by atoms with van der Waals surface area (Å²) in [7, 11) is 0. The van der Waals surface area contributed by atoms with Gasteiger partial charge in [0.2, 0.25) is 11.8 Å². The third kappa shape index (κ3) is 5.40. The van der Waals surface area contributed by atoms with Crippen LogP contribution in [-0.4, -0.2) is 33.2 Å². The van der Waals surface area contributed by atoms with Crippen molar-refractivity contribution in [2.24, 2.45) is 15.3 Å². The van der Waals surface area contributed by atoms with Crippen molar-refractivity contribution < 1.29 is 9.90 Å². The molecule has 0 saturated carbocycles. The summed E-state index contributed by atoms with van der Waals surface area (Å²) in [6.45, 7) is 6.99. The number of fused-ring (bicyclic) bond motifs is 1. The maximum atomic E-state index is 11.4. The molecule has 1 aliphatic rings. The predicted molar refractivity (Wildman–Crippen MR) is 127 cm³/mol. The number of unbranched alkanes of at least 4 members (excludes halogenated alkanes) is 2. The van der Waals surface area contributed by atoms with Gasteiger partial charge in [-0.2, -0.15) is 15.3 Å². The molecule has 1 aromatic carbocycles. The van der Waals surface area contributed by atoms with Gasteiger partial charge in [-0.25, -0.2) is 5.43 Å². The summed E-state index contributed by atoms with van der Waals surface area (Å²) >= 11 is 0. The number of carbonyl (C=O) groups excluding carboxylic acids is 1. The highest BCUT2D eigenvalue weighted by atomic mass is 16.3. The predicted octanol–water partition coefficient (Wildman–Crippen LogP) is 5.14. The first kappa shape index (κ1) is 22.7. The number of nitrogens with one attached hydrogen (secondary N) is 1. The van der Waals surface area contributed by atoms with Crippen LogP contribution in [0, 0.1) is 0 Å². The fraction of sp³-hybridized carbons (Fsp3) is 0.500. The third-order valence-electron chi connectivity index (χ3n) is 5.65. The standard InChI is InChI=1S/C24H33N5O2/c1-4-7-9-18(10-8-5-2)26-25-16-20-19-12-11-17(21-13-14-23(30)28-27-21)15-22(19)29(6-3)24(20)31/h11-12,15-16,31H,4-10,13-14H2,1-3H3,(H,28,30). The highest BCUT2D eigenvalue weighted by molar-refractivity contribution is 6.09. The van der Waals surface area contributed by atoms with Crippen LogP contribution in [0.15, 0.2) is 33.5 Å². The Morgan fingerprint density at radius 1 is 1.19 bits per heavy atom. The van der Waals surface area contributed by atoms with E-state index in [1.165, 1.54) is 0 Å². The van der Waals surface area contributed by atoms with Crippen molar-refractivity contribution in [3.05, 3.63) is 29.3 Å². The van der Waals surface area contributed by atoms with Gasteiger partial charge in [-0.15, -0.1) is 0 Å². The van der Waals surface area contributed by atoms with Crippen molar-refractivity contribution in [1.29, 1.82) is 0 Å². The molecule has 0 fully saturated rings. The lowest BCUT2D eigenvalue weighted by molar-refractivity contribution is -0.121. The van der Waals surface area contributed by atoms with Gasteiger partial charge in [-0.1, -0.05) is 38.8 Å². The van der Waals surface area contributed by atoms with Crippen molar-refractivity contribution in [2.45, 2.75) is 78.7 Å². The quantitative estimate of drug-likeness (QED) is 0.409. The number of hydrazone groups is 1. The van der Waals surface area contributed by atoms with Crippen LogP contribution in [0.2, 0.25) is 0 Å². The first-order valence-corrected chi connectivity index (χ1v) is 11.4. The second-order valence-corrected chi connectivity index (χ2v) is 7.92. The number of nitrogens with zero attached hydrogens (tertiary/aromatic N) is 4. The molecule has 1 aromatic heterocycles. The van der Waals surface area contributed by atoms with Crippen molar-refractivity contribution in [2.75, 3.05) is 0 Å². The lowest BCUT2D eigenvalue weighted by atomic mass is 10.0. The Morgan fingerprint density at radius 3 is 2.55 bits per heavy atom. The first-order valence-electron chi connectivity index (χ1n) is 11.4. The Morgan fingerprint density at radius 2 is 1.94 bits per heavy atom. The molecule has 0 unspecified atom stereocenters. The molecular weight excluding hydrogens is 390 g/mol. The Hall–Kier alpha value is -2.96. The van der Waals surface area contributed by atoms with Crippen molar-refractivity contribution in [3.63, 3.8) is 0 Å². The van der Waals surface area contributed by atoms with Gasteiger partial charge < -0.3 is 9.67 Å². The normalized spacial score (nSPS) is 14.2. The minimum absolute atomic E-state index is 0.0595. The lowest BCUT2D eigenvalue weighted by Gasteiger charge is -2.12. The van der Waals surface area contributed by atoms with Gasteiger partial charge in [0.1, 0.15) is 0 Å². The molecule has 0 radical (unpaired) electrons. The van der Waals surface area contributed by atoms with E-state index in [1.807, 2.05) is 29.7 Å². The topological polar surface area (TPSA) is 91.3 Å². The van der Waals surface area contributed by atoms with E-state index >= 15 is 0 Å². The molecule has 7 nitrogen and oxygen atoms in total. The fourth-order valence-corrected chi connectivity index (χ4v) is 3.83. The van der Waals surface area contributed by atoms with Gasteiger partial charge in [0.25, 0.3) is 0 Å². The largest absolute Gasteiger partial charge is 0.494 e. The number of aryl methyl sites for hydroxylation is 1. The fourth-order valence-electron chi connectivity index (χ4n) is 3.83. The van der Waals surface area contributed by atoms with Crippen LogP contribution in [0.1, 0.15) is 83.3 Å². The molecule has 0 atom stereocenters. The van der Waals surface area contributed by atoms with Crippen LogP contribution < -0.4 is 5.43 Å². The van der Waals surface area contributed by atoms with Crippen LogP contribution in [0.25, 0.3) is 10.9 Å². The van der Waals surface area contributed by atoms with E-state index in [0.717, 1.165) is 66.4 Å². The summed E-state index contributed by atoms with van der Waals surface area (Å²) < 4.78 is 1.86. The second kappa shape index (κ2) is 10.9. The van der Waals surface area contributed by atoms with Gasteiger partial charge in [-0.05, 0) is 44.2 Å². The first-order chi connectivity index (χ1) is 15.1. The maximum Gasteiger partial charge on any atom is 0.240 e. The van der Waals surface area contributed by atoms with E-state index in [2.05, 4.69) is 34.6 Å². The Balaban J connectivity index is 1.93. The molecule has 7 heteroatoms. The monoisotopic (exact) mass is 423 g/mol. The van der Waals surface area contributed by atoms with E-state index < -0.39 is 0 Å². The summed E-state index contributed by atoms with van der Waals surface area (Å²) in [6.07, 6.45) is 9.16. The zero-order valence-electron chi connectivity index (χ0n) is 18.8. The Kier molecular flexibility index (Phi) is 7.98. The van der Waals surface area contributed by atoms with Gasteiger partial charge in [-0.3, -0.25) is 4.79 Å². The molecule has 3 rings (SSSR count). The van der Waals surface area contributed by atoms with Crippen molar-refractivity contribution >= 4 is 34.4 Å². The molecule has 31 heavy (non-hydrogen) atoms. The average Bonchev–Trinajstić information content (AvgIpc) is 3.05. The van der Waals surface area contributed by atoms with Gasteiger partial charge in [0, 0.05) is 30.5 Å². The van der Waals surface area contributed by atoms with Crippen LogP contribution in [0.3, 0.4) is 0 Å². The number of rotatable bonds is 10. The van der Waals surface area contributed by atoms with Crippen LogP contribution >= 0.6 is 0 Å². The molecule has 0 bridgehead atoms. The highest BCUT2D eigenvalue weighted by Gasteiger charge is 2.18.